The van der Waals surface area contributed by atoms with Crippen molar-refractivity contribution in [1.82, 2.24) is 4.57 Å². The van der Waals surface area contributed by atoms with Gasteiger partial charge in [-0.2, -0.15) is 0 Å². The first-order valence-electron chi connectivity index (χ1n) is 14.7. The maximum Gasteiger partial charge on any atom is 0.338 e. The van der Waals surface area contributed by atoms with Gasteiger partial charge in [0.25, 0.3) is 0 Å². The minimum Gasteiger partial charge on any atom is -0.462 e. The summed E-state index contributed by atoms with van der Waals surface area (Å²) in [6, 6.07) is 15.6. The van der Waals surface area contributed by atoms with Crippen molar-refractivity contribution in [3.05, 3.63) is 74.2 Å². The van der Waals surface area contributed by atoms with E-state index in [1.54, 1.807) is 35.8 Å². The molecule has 1 aliphatic heterocycles. The second-order valence-corrected chi connectivity index (χ2v) is 13.4. The molecule has 2 aromatic carbocycles. The Morgan fingerprint density at radius 2 is 1.71 bits per heavy atom. The molecule has 2 bridgehead atoms. The van der Waals surface area contributed by atoms with Gasteiger partial charge in [0.05, 0.1) is 17.2 Å². The molecule has 0 saturated heterocycles. The van der Waals surface area contributed by atoms with Gasteiger partial charge in [-0.05, 0) is 99.7 Å². The molecule has 2 fully saturated rings. The lowest BCUT2D eigenvalue weighted by Gasteiger charge is -2.40. The van der Waals surface area contributed by atoms with E-state index >= 15 is 0 Å². The maximum atomic E-state index is 13.4. The van der Waals surface area contributed by atoms with E-state index < -0.39 is 5.97 Å². The highest BCUT2D eigenvalue weighted by Crippen LogP contribution is 2.64. The average molecular weight is 592 g/mol. The molecule has 1 amide bonds. The zero-order chi connectivity index (χ0) is 28.7. The Bertz CT molecular complexity index is 1480. The van der Waals surface area contributed by atoms with Gasteiger partial charge >= 0.3 is 10.8 Å². The summed E-state index contributed by atoms with van der Waals surface area (Å²) in [5.41, 5.74) is 3.52. The highest BCUT2D eigenvalue weighted by Gasteiger charge is 2.55. The number of anilines is 2. The Balaban J connectivity index is 1.27. The van der Waals surface area contributed by atoms with Gasteiger partial charge in [-0.15, -0.1) is 11.8 Å². The van der Waals surface area contributed by atoms with Crippen molar-refractivity contribution in [1.29, 1.82) is 0 Å². The molecular formula is C32H37N3O4S2. The van der Waals surface area contributed by atoms with Crippen molar-refractivity contribution in [2.75, 3.05) is 29.9 Å². The van der Waals surface area contributed by atoms with Gasteiger partial charge in [-0.25, -0.2) is 4.79 Å². The summed E-state index contributed by atoms with van der Waals surface area (Å²) in [7, 11) is 0. The van der Waals surface area contributed by atoms with E-state index in [0.717, 1.165) is 23.0 Å². The fourth-order valence-electron chi connectivity index (χ4n) is 7.19. The van der Waals surface area contributed by atoms with Gasteiger partial charge in [-0.1, -0.05) is 23.5 Å². The number of ether oxygens (including phenoxy) is 1. The zero-order valence-electron chi connectivity index (χ0n) is 23.8. The summed E-state index contributed by atoms with van der Waals surface area (Å²) in [6.07, 6.45) is 3.82. The second kappa shape index (κ2) is 11.7. The third-order valence-electron chi connectivity index (χ3n) is 9.05. The number of carbonyl (C=O) groups excluding carboxylic acids is 2. The van der Waals surface area contributed by atoms with Gasteiger partial charge in [-0.3, -0.25) is 14.2 Å². The fourth-order valence-corrected chi connectivity index (χ4v) is 10.3. The summed E-state index contributed by atoms with van der Waals surface area (Å²) >= 11 is 3.16. The van der Waals surface area contributed by atoms with Crippen LogP contribution in [0.5, 0.6) is 0 Å². The first kappa shape index (κ1) is 28.1. The number of thioether (sulfide) groups is 1. The van der Waals surface area contributed by atoms with Crippen molar-refractivity contribution in [3.63, 3.8) is 0 Å². The molecule has 7 nitrogen and oxygen atoms in total. The molecule has 3 aromatic rings. The first-order valence-corrected chi connectivity index (χ1v) is 16.4. The number of hydrogen-bond acceptors (Lipinski definition) is 7. The summed E-state index contributed by atoms with van der Waals surface area (Å²) in [5, 5.41) is 4.35. The van der Waals surface area contributed by atoms with Gasteiger partial charge < -0.3 is 15.0 Å². The lowest BCUT2D eigenvalue weighted by atomic mass is 9.75. The van der Waals surface area contributed by atoms with Gasteiger partial charge in [0.15, 0.2) is 0 Å². The molecule has 6 rings (SSSR count). The van der Waals surface area contributed by atoms with Crippen molar-refractivity contribution in [3.8, 4) is 0 Å². The molecule has 4 unspecified atom stereocenters. The predicted octanol–water partition coefficient (Wildman–Crippen LogP) is 6.22. The SMILES string of the molecule is CCOC(=O)c1ccc(NC(=O)Cn2c3c(sc2=O)[C@H](c2ccc(N(CC)CC)cc2)C2C4CCC(C4)C2S3)cc1. The third kappa shape index (κ3) is 5.23. The number of aromatic nitrogens is 1. The van der Waals surface area contributed by atoms with E-state index in [1.165, 1.54) is 41.9 Å². The predicted molar refractivity (Wildman–Crippen MR) is 165 cm³/mol. The number of thiazole rings is 1. The van der Waals surface area contributed by atoms with Crippen LogP contribution in [0.15, 0.2) is 58.4 Å². The van der Waals surface area contributed by atoms with Crippen LogP contribution in [-0.4, -0.2) is 41.4 Å². The Kier molecular flexibility index (Phi) is 8.01. The molecule has 0 spiro atoms. The molecule has 1 aromatic heterocycles. The molecule has 1 N–H and O–H groups in total. The van der Waals surface area contributed by atoms with Crippen LogP contribution in [-0.2, 0) is 16.1 Å². The van der Waals surface area contributed by atoms with Crippen molar-refractivity contribution in [2.24, 2.45) is 17.8 Å². The Morgan fingerprint density at radius 3 is 2.39 bits per heavy atom. The fraction of sp³-hybridized carbons (Fsp3) is 0.469. The quantitative estimate of drug-likeness (QED) is 0.298. The van der Waals surface area contributed by atoms with E-state index in [2.05, 4.69) is 48.3 Å². The smallest absolute Gasteiger partial charge is 0.338 e. The topological polar surface area (TPSA) is 80.6 Å². The molecule has 216 valence electrons. The molecule has 2 heterocycles. The van der Waals surface area contributed by atoms with E-state index in [-0.39, 0.29) is 23.2 Å². The number of nitrogens with zero attached hydrogens (tertiary/aromatic N) is 2. The van der Waals surface area contributed by atoms with E-state index in [0.29, 0.717) is 40.9 Å². The minimum atomic E-state index is -0.393. The summed E-state index contributed by atoms with van der Waals surface area (Å²) in [5.74, 6) is 1.45. The number of nitrogens with one attached hydrogen (secondary N) is 1. The summed E-state index contributed by atoms with van der Waals surface area (Å²) in [6.45, 7) is 8.33. The highest BCUT2D eigenvalue weighted by atomic mass is 32.2. The Hall–Kier alpha value is -3.04. The zero-order valence-corrected chi connectivity index (χ0v) is 25.4. The number of carbonyl (C=O) groups is 2. The van der Waals surface area contributed by atoms with Gasteiger partial charge in [0, 0.05) is 40.5 Å². The monoisotopic (exact) mass is 591 g/mol. The standard InChI is InChI=1S/C32H37N3O4S2/c1-4-34(5-2)24-15-11-19(12-16-24)26-27-21-7-8-22(17-21)28(27)40-30-29(26)41-32(38)35(30)18-25(36)33-23-13-9-20(10-14-23)31(37)39-6-3/h9-16,21-22,26-28H,4-8,17-18H2,1-3H3,(H,33,36)/t21?,22?,26-,27?,28?/m1/s1. The Morgan fingerprint density at radius 1 is 1.00 bits per heavy atom. The van der Waals surface area contributed by atoms with Crippen molar-refractivity contribution in [2.45, 2.75) is 62.8 Å². The van der Waals surface area contributed by atoms with E-state index in [1.807, 2.05) is 11.8 Å². The number of hydrogen-bond donors (Lipinski definition) is 1. The van der Waals surface area contributed by atoms with Crippen molar-refractivity contribution >= 4 is 46.3 Å². The molecule has 9 heteroatoms. The molecule has 41 heavy (non-hydrogen) atoms. The average Bonchev–Trinajstić information content (AvgIpc) is 3.68. The third-order valence-corrected chi connectivity index (χ3v) is 11.9. The lowest BCUT2D eigenvalue weighted by Crippen LogP contribution is -2.35. The van der Waals surface area contributed by atoms with E-state index in [9.17, 15) is 14.4 Å². The van der Waals surface area contributed by atoms with Crippen LogP contribution in [0, 0.1) is 17.8 Å². The summed E-state index contributed by atoms with van der Waals surface area (Å²) in [4.78, 5) is 41.9. The van der Waals surface area contributed by atoms with Crippen LogP contribution in [0.2, 0.25) is 0 Å². The first-order chi connectivity index (χ1) is 19.9. The van der Waals surface area contributed by atoms with Crippen LogP contribution < -0.4 is 15.1 Å². The largest absolute Gasteiger partial charge is 0.462 e. The maximum absolute atomic E-state index is 13.4. The van der Waals surface area contributed by atoms with Crippen molar-refractivity contribution < 1.29 is 14.3 Å². The van der Waals surface area contributed by atoms with E-state index in [4.69, 9.17) is 4.74 Å². The highest BCUT2D eigenvalue weighted by molar-refractivity contribution is 8.00. The molecule has 2 aliphatic carbocycles. The number of benzene rings is 2. The number of rotatable bonds is 9. The van der Waals surface area contributed by atoms with Gasteiger partial charge in [0.2, 0.25) is 5.91 Å². The molecule has 2 saturated carbocycles. The van der Waals surface area contributed by atoms with Crippen LogP contribution in [0.25, 0.3) is 0 Å². The van der Waals surface area contributed by atoms with Crippen LogP contribution >= 0.6 is 23.1 Å². The second-order valence-electron chi connectivity index (χ2n) is 11.2. The minimum absolute atomic E-state index is 0.0314. The normalized spacial score (nSPS) is 24.0. The van der Waals surface area contributed by atoms with Crippen LogP contribution in [0.1, 0.15) is 66.8 Å². The molecule has 5 atom stereocenters. The molecular weight excluding hydrogens is 555 g/mol. The number of amides is 1. The summed E-state index contributed by atoms with van der Waals surface area (Å²) < 4.78 is 6.72. The number of fused-ring (bicyclic) bond motifs is 6. The molecule has 0 radical (unpaired) electrons. The van der Waals surface area contributed by atoms with Gasteiger partial charge in [0.1, 0.15) is 6.54 Å². The lowest BCUT2D eigenvalue weighted by molar-refractivity contribution is -0.116. The molecule has 3 aliphatic rings. The Labute approximate surface area is 249 Å². The number of esters is 1. The van der Waals surface area contributed by atoms with Crippen LogP contribution in [0.3, 0.4) is 0 Å². The van der Waals surface area contributed by atoms with Crippen LogP contribution in [0.4, 0.5) is 11.4 Å².